The quantitative estimate of drug-likeness (QED) is 0.0860. The number of hydrogen-bond donors (Lipinski definition) is 1. The van der Waals surface area contributed by atoms with Crippen LogP contribution in [0.1, 0.15) is 27.0 Å². The van der Waals surface area contributed by atoms with Crippen LogP contribution in [0.3, 0.4) is 0 Å². The van der Waals surface area contributed by atoms with Crippen molar-refractivity contribution in [2.45, 2.75) is 13.8 Å². The lowest BCUT2D eigenvalue weighted by molar-refractivity contribution is -0.123. The highest BCUT2D eigenvalue weighted by Crippen LogP contribution is 2.39. The second-order valence-corrected chi connectivity index (χ2v) is 11.1. The smallest absolute Gasteiger partial charge is 0.343 e. The number of aryl methyl sites for hydroxylation is 2. The van der Waals surface area contributed by atoms with Gasteiger partial charge in [0.2, 0.25) is 5.75 Å². The van der Waals surface area contributed by atoms with Crippen molar-refractivity contribution in [1.29, 1.82) is 0 Å². The number of nitrogens with zero attached hydrogens (tertiary/aromatic N) is 1. The first kappa shape index (κ1) is 30.7. The van der Waals surface area contributed by atoms with Gasteiger partial charge in [0, 0.05) is 13.6 Å². The van der Waals surface area contributed by atoms with Crippen LogP contribution in [-0.2, 0) is 4.79 Å². The predicted molar refractivity (Wildman–Crippen MR) is 163 cm³/mol. The summed E-state index contributed by atoms with van der Waals surface area (Å²) in [6, 6.07) is 10.3. The van der Waals surface area contributed by atoms with E-state index in [0.29, 0.717) is 37.5 Å². The van der Waals surface area contributed by atoms with Gasteiger partial charge < -0.3 is 23.7 Å². The van der Waals surface area contributed by atoms with E-state index in [1.54, 1.807) is 12.1 Å². The molecule has 0 atom stereocenters. The monoisotopic (exact) mass is 774 g/mol. The molecule has 0 saturated heterocycles. The molecule has 0 spiro atoms. The number of methoxy groups -OCH3 is 3. The molecule has 3 aromatic rings. The van der Waals surface area contributed by atoms with Gasteiger partial charge in [-0.25, -0.2) is 10.2 Å². The number of hydrazone groups is 1. The molecule has 39 heavy (non-hydrogen) atoms. The first-order chi connectivity index (χ1) is 18.6. The standard InChI is InChI=1S/C27H25Br2IN2O7/c1-14-6-19(30)7-15(2)24(14)38-13-23(33)32-31-12-17-8-18(28)11-20(29)25(17)39-27(34)16-9-21(35-3)26(37-5)22(10-16)36-4/h6-12H,13H2,1-5H3,(H,32,33)/b31-12+. The van der Waals surface area contributed by atoms with Crippen LogP contribution in [0, 0.1) is 17.4 Å². The topological polar surface area (TPSA) is 105 Å². The second kappa shape index (κ2) is 14.0. The van der Waals surface area contributed by atoms with Gasteiger partial charge in [-0.2, -0.15) is 5.10 Å². The van der Waals surface area contributed by atoms with Crippen molar-refractivity contribution in [2.75, 3.05) is 27.9 Å². The predicted octanol–water partition coefficient (Wildman–Crippen LogP) is 6.21. The van der Waals surface area contributed by atoms with Crippen LogP contribution in [0.25, 0.3) is 0 Å². The number of rotatable bonds is 10. The average molecular weight is 776 g/mol. The van der Waals surface area contributed by atoms with E-state index in [1.807, 2.05) is 26.0 Å². The fraction of sp³-hybridized carbons (Fsp3) is 0.222. The van der Waals surface area contributed by atoms with E-state index in [9.17, 15) is 9.59 Å². The van der Waals surface area contributed by atoms with Crippen molar-refractivity contribution in [2.24, 2.45) is 5.10 Å². The van der Waals surface area contributed by atoms with Gasteiger partial charge in [0.05, 0.1) is 37.6 Å². The number of benzene rings is 3. The Kier molecular flexibility index (Phi) is 11.0. The molecule has 0 bridgehead atoms. The van der Waals surface area contributed by atoms with E-state index in [1.165, 1.54) is 39.7 Å². The van der Waals surface area contributed by atoms with E-state index in [-0.39, 0.29) is 17.9 Å². The Morgan fingerprint density at radius 3 is 2.08 bits per heavy atom. The average Bonchev–Trinajstić information content (AvgIpc) is 2.88. The molecule has 0 fully saturated rings. The van der Waals surface area contributed by atoms with Crippen LogP contribution in [0.15, 0.2) is 50.4 Å². The minimum absolute atomic E-state index is 0.175. The summed E-state index contributed by atoms with van der Waals surface area (Å²) < 4.78 is 29.6. The third kappa shape index (κ3) is 7.85. The van der Waals surface area contributed by atoms with Crippen molar-refractivity contribution >= 4 is 72.5 Å². The molecule has 12 heteroatoms. The van der Waals surface area contributed by atoms with Gasteiger partial charge >= 0.3 is 5.97 Å². The molecule has 3 aromatic carbocycles. The maximum absolute atomic E-state index is 13.1. The maximum Gasteiger partial charge on any atom is 0.343 e. The van der Waals surface area contributed by atoms with E-state index < -0.39 is 11.9 Å². The van der Waals surface area contributed by atoms with Crippen LogP contribution < -0.4 is 29.1 Å². The molecular formula is C27H25Br2IN2O7. The first-order valence-corrected chi connectivity index (χ1v) is 14.0. The summed E-state index contributed by atoms with van der Waals surface area (Å²) in [4.78, 5) is 25.4. The van der Waals surface area contributed by atoms with Gasteiger partial charge in [0.1, 0.15) is 5.75 Å². The lowest BCUT2D eigenvalue weighted by atomic mass is 10.1. The summed E-state index contributed by atoms with van der Waals surface area (Å²) >= 11 is 9.07. The van der Waals surface area contributed by atoms with Gasteiger partial charge in [-0.15, -0.1) is 0 Å². The number of ether oxygens (including phenoxy) is 5. The highest BCUT2D eigenvalue weighted by molar-refractivity contribution is 14.1. The zero-order valence-electron chi connectivity index (χ0n) is 21.7. The largest absolute Gasteiger partial charge is 0.493 e. The van der Waals surface area contributed by atoms with Crippen molar-refractivity contribution < 1.29 is 33.3 Å². The molecule has 9 nitrogen and oxygen atoms in total. The Labute approximate surface area is 256 Å². The van der Waals surface area contributed by atoms with Crippen LogP contribution in [0.5, 0.6) is 28.7 Å². The van der Waals surface area contributed by atoms with Crippen LogP contribution in [-0.4, -0.2) is 46.0 Å². The van der Waals surface area contributed by atoms with Crippen molar-refractivity contribution in [3.8, 4) is 28.7 Å². The Morgan fingerprint density at radius 2 is 1.51 bits per heavy atom. The van der Waals surface area contributed by atoms with Crippen LogP contribution >= 0.6 is 54.5 Å². The Bertz CT molecular complexity index is 1380. The van der Waals surface area contributed by atoms with Gasteiger partial charge in [-0.3, -0.25) is 4.79 Å². The zero-order valence-corrected chi connectivity index (χ0v) is 27.0. The molecule has 0 heterocycles. The minimum Gasteiger partial charge on any atom is -0.493 e. The molecule has 1 N–H and O–H groups in total. The maximum atomic E-state index is 13.1. The van der Waals surface area contributed by atoms with Gasteiger partial charge in [0.25, 0.3) is 5.91 Å². The van der Waals surface area contributed by atoms with Crippen molar-refractivity contribution in [3.63, 3.8) is 0 Å². The van der Waals surface area contributed by atoms with E-state index in [2.05, 4.69) is 65.0 Å². The summed E-state index contributed by atoms with van der Waals surface area (Å²) in [5.74, 6) is 0.687. The van der Waals surface area contributed by atoms with Gasteiger partial charge in [-0.05, 0) is 99.9 Å². The van der Waals surface area contributed by atoms with Gasteiger partial charge in [0.15, 0.2) is 23.9 Å². The number of halogens is 3. The molecule has 206 valence electrons. The van der Waals surface area contributed by atoms with Crippen molar-refractivity contribution in [3.05, 3.63) is 71.2 Å². The molecule has 3 rings (SSSR count). The van der Waals surface area contributed by atoms with Crippen LogP contribution in [0.2, 0.25) is 0 Å². The molecule has 0 aliphatic heterocycles. The summed E-state index contributed by atoms with van der Waals surface area (Å²) in [5, 5.41) is 4.02. The highest BCUT2D eigenvalue weighted by Gasteiger charge is 2.20. The molecular weight excluding hydrogens is 751 g/mol. The Balaban J connectivity index is 1.76. The van der Waals surface area contributed by atoms with E-state index >= 15 is 0 Å². The molecule has 0 aliphatic carbocycles. The van der Waals surface area contributed by atoms with E-state index in [4.69, 9.17) is 23.7 Å². The molecule has 1 amide bonds. The number of carbonyl (C=O) groups is 2. The number of carbonyl (C=O) groups excluding carboxylic acids is 2. The third-order valence-corrected chi connectivity index (χ3v) is 6.97. The fourth-order valence-corrected chi connectivity index (χ4v) is 5.88. The van der Waals surface area contributed by atoms with E-state index in [0.717, 1.165) is 14.7 Å². The fourth-order valence-electron chi connectivity index (χ4n) is 3.60. The Hall–Kier alpha value is -2.84. The van der Waals surface area contributed by atoms with Gasteiger partial charge in [-0.1, -0.05) is 15.9 Å². The Morgan fingerprint density at radius 1 is 0.897 bits per heavy atom. The molecule has 0 aromatic heterocycles. The third-order valence-electron chi connectivity index (χ3n) is 5.30. The molecule has 0 radical (unpaired) electrons. The van der Waals surface area contributed by atoms with Crippen molar-refractivity contribution in [1.82, 2.24) is 5.43 Å². The molecule has 0 aliphatic rings. The summed E-state index contributed by atoms with van der Waals surface area (Å²) in [7, 11) is 4.38. The summed E-state index contributed by atoms with van der Waals surface area (Å²) in [5.41, 5.74) is 4.90. The molecule has 0 saturated carbocycles. The number of esters is 1. The second-order valence-electron chi connectivity index (χ2n) is 8.06. The van der Waals surface area contributed by atoms with Crippen LogP contribution in [0.4, 0.5) is 0 Å². The number of amides is 1. The minimum atomic E-state index is -0.673. The number of nitrogens with one attached hydrogen (secondary N) is 1. The number of hydrogen-bond acceptors (Lipinski definition) is 8. The lowest BCUT2D eigenvalue weighted by Gasteiger charge is -2.15. The first-order valence-electron chi connectivity index (χ1n) is 11.3. The summed E-state index contributed by atoms with van der Waals surface area (Å²) in [6.45, 7) is 3.63. The SMILES string of the molecule is COc1cc(C(=O)Oc2c(Br)cc(Br)cc2/C=N/NC(=O)COc2c(C)cc(I)cc2C)cc(OC)c1OC. The summed E-state index contributed by atoms with van der Waals surface area (Å²) in [6.07, 6.45) is 1.37. The zero-order chi connectivity index (χ0) is 28.7. The normalized spacial score (nSPS) is 10.8. The molecule has 0 unspecified atom stereocenters. The highest BCUT2D eigenvalue weighted by atomic mass is 127. The lowest BCUT2D eigenvalue weighted by Crippen LogP contribution is -2.25.